The zero-order chi connectivity index (χ0) is 15.0. The highest BCUT2D eigenvalue weighted by molar-refractivity contribution is 9.10. The molecule has 6 heteroatoms. The topological polar surface area (TPSA) is 68.1 Å². The summed E-state index contributed by atoms with van der Waals surface area (Å²) < 4.78 is 6.14. The number of aromatic nitrogens is 1. The van der Waals surface area contributed by atoms with E-state index in [-0.39, 0.29) is 0 Å². The summed E-state index contributed by atoms with van der Waals surface area (Å²) in [4.78, 5) is 15.2. The predicted molar refractivity (Wildman–Crippen MR) is 86.8 cm³/mol. The molecular weight excluding hydrogens is 356 g/mol. The second kappa shape index (κ2) is 5.42. The van der Waals surface area contributed by atoms with Crippen molar-refractivity contribution < 1.29 is 9.53 Å². The van der Waals surface area contributed by atoms with Crippen molar-refractivity contribution in [1.82, 2.24) is 4.98 Å². The Balaban J connectivity index is 2.01. The molecule has 0 fully saturated rings. The van der Waals surface area contributed by atoms with Crippen LogP contribution in [0.1, 0.15) is 10.4 Å². The SMILES string of the molecule is Nc1ccccc1C(=O)Oc1c[nH]c2ccc(Br)c(Cl)c12. The van der Waals surface area contributed by atoms with E-state index >= 15 is 0 Å². The van der Waals surface area contributed by atoms with Crippen molar-refractivity contribution in [3.63, 3.8) is 0 Å². The molecule has 0 aliphatic heterocycles. The van der Waals surface area contributed by atoms with Crippen LogP contribution in [-0.4, -0.2) is 11.0 Å². The zero-order valence-electron chi connectivity index (χ0n) is 10.7. The highest BCUT2D eigenvalue weighted by Crippen LogP contribution is 2.37. The zero-order valence-corrected chi connectivity index (χ0v) is 13.0. The summed E-state index contributed by atoms with van der Waals surface area (Å²) >= 11 is 9.60. The average molecular weight is 366 g/mol. The van der Waals surface area contributed by atoms with Gasteiger partial charge in [0.1, 0.15) is 0 Å². The number of hydrogen-bond donors (Lipinski definition) is 2. The van der Waals surface area contributed by atoms with E-state index in [1.807, 2.05) is 12.1 Å². The van der Waals surface area contributed by atoms with Crippen molar-refractivity contribution in [3.8, 4) is 5.75 Å². The summed E-state index contributed by atoms with van der Waals surface area (Å²) in [5.41, 5.74) is 7.25. The summed E-state index contributed by atoms with van der Waals surface area (Å²) in [5.74, 6) is -0.158. The van der Waals surface area contributed by atoms with E-state index in [1.165, 1.54) is 0 Å². The minimum atomic E-state index is -0.523. The van der Waals surface area contributed by atoms with Crippen LogP contribution in [-0.2, 0) is 0 Å². The second-order valence-corrected chi connectivity index (χ2v) is 5.65. The van der Waals surface area contributed by atoms with Crippen LogP contribution in [0.15, 0.2) is 47.1 Å². The van der Waals surface area contributed by atoms with Gasteiger partial charge in [-0.3, -0.25) is 0 Å². The van der Waals surface area contributed by atoms with Crippen molar-refractivity contribution in [1.29, 1.82) is 0 Å². The van der Waals surface area contributed by atoms with E-state index < -0.39 is 5.97 Å². The van der Waals surface area contributed by atoms with E-state index in [0.29, 0.717) is 27.4 Å². The highest BCUT2D eigenvalue weighted by atomic mass is 79.9. The molecule has 1 heterocycles. The van der Waals surface area contributed by atoms with Crippen molar-refractivity contribution in [3.05, 3.63) is 57.7 Å². The van der Waals surface area contributed by atoms with Crippen LogP contribution in [0, 0.1) is 0 Å². The molecule has 0 saturated heterocycles. The van der Waals surface area contributed by atoms with E-state index in [0.717, 1.165) is 9.99 Å². The van der Waals surface area contributed by atoms with Gasteiger partial charge in [0, 0.05) is 16.4 Å². The number of anilines is 1. The van der Waals surface area contributed by atoms with E-state index in [9.17, 15) is 4.79 Å². The molecule has 0 saturated carbocycles. The number of aromatic amines is 1. The number of esters is 1. The summed E-state index contributed by atoms with van der Waals surface area (Å²) in [5, 5.41) is 1.13. The molecule has 0 amide bonds. The molecule has 0 aliphatic rings. The van der Waals surface area contributed by atoms with Crippen LogP contribution < -0.4 is 10.5 Å². The minimum absolute atomic E-state index is 0.318. The second-order valence-electron chi connectivity index (χ2n) is 4.41. The standard InChI is InChI=1S/C15H10BrClN2O2/c16-9-5-6-11-13(14(9)17)12(7-19-11)21-15(20)8-3-1-2-4-10(8)18/h1-7,19H,18H2. The molecule has 0 radical (unpaired) electrons. The molecule has 4 nitrogen and oxygen atoms in total. The Bertz CT molecular complexity index is 845. The summed E-state index contributed by atoms with van der Waals surface area (Å²) in [6, 6.07) is 10.4. The van der Waals surface area contributed by atoms with E-state index in [1.54, 1.807) is 30.5 Å². The molecule has 0 atom stereocenters. The largest absolute Gasteiger partial charge is 0.421 e. The van der Waals surface area contributed by atoms with Crippen LogP contribution in [0.3, 0.4) is 0 Å². The van der Waals surface area contributed by atoms with Gasteiger partial charge >= 0.3 is 5.97 Å². The lowest BCUT2D eigenvalue weighted by molar-refractivity contribution is 0.0738. The van der Waals surface area contributed by atoms with Crippen LogP contribution in [0.5, 0.6) is 5.75 Å². The van der Waals surface area contributed by atoms with E-state index in [4.69, 9.17) is 22.1 Å². The van der Waals surface area contributed by atoms with Gasteiger partial charge in [0.15, 0.2) is 5.75 Å². The number of nitrogens with one attached hydrogen (secondary N) is 1. The van der Waals surface area contributed by atoms with Crippen molar-refractivity contribution in [2.45, 2.75) is 0 Å². The molecule has 3 rings (SSSR count). The van der Waals surface area contributed by atoms with Gasteiger partial charge in [-0.2, -0.15) is 0 Å². The lowest BCUT2D eigenvalue weighted by atomic mass is 10.2. The van der Waals surface area contributed by atoms with Crippen LogP contribution in [0.2, 0.25) is 5.02 Å². The molecule has 0 aliphatic carbocycles. The first-order chi connectivity index (χ1) is 10.1. The number of carbonyl (C=O) groups is 1. The molecule has 0 bridgehead atoms. The van der Waals surface area contributed by atoms with Crippen LogP contribution >= 0.6 is 27.5 Å². The smallest absolute Gasteiger partial charge is 0.345 e. The minimum Gasteiger partial charge on any atom is -0.421 e. The third kappa shape index (κ3) is 2.50. The highest BCUT2D eigenvalue weighted by Gasteiger charge is 2.17. The van der Waals surface area contributed by atoms with Gasteiger partial charge < -0.3 is 15.5 Å². The molecule has 2 aromatic carbocycles. The third-order valence-electron chi connectivity index (χ3n) is 3.08. The maximum absolute atomic E-state index is 12.2. The van der Waals surface area contributed by atoms with Gasteiger partial charge in [-0.15, -0.1) is 0 Å². The Kier molecular flexibility index (Phi) is 3.61. The molecule has 3 aromatic rings. The predicted octanol–water partition coefficient (Wildman–Crippen LogP) is 4.39. The number of hydrogen-bond acceptors (Lipinski definition) is 3. The quantitative estimate of drug-likeness (QED) is 0.523. The van der Waals surface area contributed by atoms with Gasteiger partial charge in [0.2, 0.25) is 0 Å². The van der Waals surface area contributed by atoms with Crippen LogP contribution in [0.25, 0.3) is 10.9 Å². The van der Waals surface area contributed by atoms with Crippen LogP contribution in [0.4, 0.5) is 5.69 Å². The Morgan fingerprint density at radius 1 is 1.24 bits per heavy atom. The Morgan fingerprint density at radius 2 is 2.00 bits per heavy atom. The number of nitrogen functional groups attached to an aromatic ring is 1. The molecule has 0 spiro atoms. The summed E-state index contributed by atoms with van der Waals surface area (Å²) in [7, 11) is 0. The molecule has 3 N–H and O–H groups in total. The fraction of sp³-hybridized carbons (Fsp3) is 0. The number of ether oxygens (including phenoxy) is 1. The Labute approximate surface area is 134 Å². The Hall–Kier alpha value is -1.98. The number of nitrogens with two attached hydrogens (primary N) is 1. The Morgan fingerprint density at radius 3 is 2.76 bits per heavy atom. The fourth-order valence-corrected chi connectivity index (χ4v) is 2.63. The first-order valence-corrected chi connectivity index (χ1v) is 7.27. The van der Waals surface area contributed by atoms with Gasteiger partial charge in [0.25, 0.3) is 0 Å². The number of H-pyrrole nitrogens is 1. The van der Waals surface area contributed by atoms with Crippen molar-refractivity contribution >= 4 is 50.1 Å². The first kappa shape index (κ1) is 14.0. The average Bonchev–Trinajstić information content (AvgIpc) is 2.87. The van der Waals surface area contributed by atoms with Crippen molar-refractivity contribution in [2.24, 2.45) is 0 Å². The van der Waals surface area contributed by atoms with Gasteiger partial charge in [-0.05, 0) is 40.2 Å². The summed E-state index contributed by atoms with van der Waals surface area (Å²) in [6.07, 6.45) is 1.60. The summed E-state index contributed by atoms with van der Waals surface area (Å²) in [6.45, 7) is 0. The molecular formula is C15H10BrClN2O2. The van der Waals surface area contributed by atoms with Crippen molar-refractivity contribution in [2.75, 3.05) is 5.73 Å². The lowest BCUT2D eigenvalue weighted by Crippen LogP contribution is -2.10. The maximum Gasteiger partial charge on any atom is 0.345 e. The third-order valence-corrected chi connectivity index (χ3v) is 4.37. The number of fused-ring (bicyclic) bond motifs is 1. The number of halogens is 2. The number of benzene rings is 2. The molecule has 1 aromatic heterocycles. The van der Waals surface area contributed by atoms with Gasteiger partial charge in [-0.25, -0.2) is 4.79 Å². The van der Waals surface area contributed by atoms with Gasteiger partial charge in [0.05, 0.1) is 21.5 Å². The molecule has 106 valence electrons. The van der Waals surface area contributed by atoms with Gasteiger partial charge in [-0.1, -0.05) is 23.7 Å². The maximum atomic E-state index is 12.2. The lowest BCUT2D eigenvalue weighted by Gasteiger charge is -2.06. The number of rotatable bonds is 2. The monoisotopic (exact) mass is 364 g/mol. The fourth-order valence-electron chi connectivity index (χ4n) is 2.05. The molecule has 0 unspecified atom stereocenters. The first-order valence-electron chi connectivity index (χ1n) is 6.09. The normalized spacial score (nSPS) is 10.8. The number of para-hydroxylation sites is 1. The molecule has 21 heavy (non-hydrogen) atoms. The number of carbonyl (C=O) groups excluding carboxylic acids is 1. The van der Waals surface area contributed by atoms with E-state index in [2.05, 4.69) is 20.9 Å².